The predicted octanol–water partition coefficient (Wildman–Crippen LogP) is 2.18. The molecule has 1 aromatic rings. The van der Waals surface area contributed by atoms with E-state index in [0.29, 0.717) is 11.3 Å². The summed E-state index contributed by atoms with van der Waals surface area (Å²) in [6.45, 7) is 2.38. The number of amides is 3. The van der Waals surface area contributed by atoms with Crippen molar-refractivity contribution in [2.24, 2.45) is 0 Å². The summed E-state index contributed by atoms with van der Waals surface area (Å²) in [4.78, 5) is 36.6. The summed E-state index contributed by atoms with van der Waals surface area (Å²) >= 11 is 0. The highest BCUT2D eigenvalue weighted by atomic mass is 16.5. The van der Waals surface area contributed by atoms with Crippen LogP contribution in [0.2, 0.25) is 0 Å². The number of esters is 1. The lowest BCUT2D eigenvalue weighted by Crippen LogP contribution is -2.35. The van der Waals surface area contributed by atoms with Crippen molar-refractivity contribution < 1.29 is 24.2 Å². The molecular weight excluding hydrogens is 288 g/mol. The van der Waals surface area contributed by atoms with E-state index >= 15 is 0 Å². The van der Waals surface area contributed by atoms with E-state index in [1.807, 2.05) is 0 Å². The van der Waals surface area contributed by atoms with Crippen LogP contribution < -0.4 is 4.90 Å². The number of anilines is 1. The molecule has 0 unspecified atom stereocenters. The molecule has 0 spiro atoms. The molecule has 22 heavy (non-hydrogen) atoms. The van der Waals surface area contributed by atoms with Crippen LogP contribution >= 0.6 is 0 Å². The molecule has 2 rings (SSSR count). The van der Waals surface area contributed by atoms with Crippen LogP contribution in [0.4, 0.5) is 15.3 Å². The monoisotopic (exact) mass is 304 g/mol. The van der Waals surface area contributed by atoms with Gasteiger partial charge in [0.2, 0.25) is 0 Å². The number of hydrogen-bond donors (Lipinski definition) is 1. The van der Waals surface area contributed by atoms with Crippen LogP contribution in [-0.2, 0) is 9.53 Å². The summed E-state index contributed by atoms with van der Waals surface area (Å²) < 4.78 is 4.81. The highest BCUT2D eigenvalue weighted by Crippen LogP contribution is 2.25. The number of urea groups is 1. The Balaban J connectivity index is 2.24. The molecule has 7 nitrogen and oxygen atoms in total. The topological polar surface area (TPSA) is 87.2 Å². The number of carbonyl (C=O) groups excluding carboxylic acids is 2. The first-order valence-electron chi connectivity index (χ1n) is 6.80. The maximum atomic E-state index is 12.1. The van der Waals surface area contributed by atoms with E-state index in [1.165, 1.54) is 11.0 Å². The Morgan fingerprint density at radius 2 is 2.05 bits per heavy atom. The normalized spacial score (nSPS) is 14.7. The summed E-state index contributed by atoms with van der Waals surface area (Å²) in [6, 6.07) is 6.36. The zero-order chi connectivity index (χ0) is 16.1. The molecule has 0 atom stereocenters. The lowest BCUT2D eigenvalue weighted by molar-refractivity contribution is -0.137. The first-order chi connectivity index (χ1) is 10.5. The van der Waals surface area contributed by atoms with Gasteiger partial charge in [-0.25, -0.2) is 19.3 Å². The average molecular weight is 304 g/mol. The number of carbonyl (C=O) groups is 3. The molecule has 1 heterocycles. The Hall–Kier alpha value is -2.83. The molecule has 1 N–H and O–H groups in total. The quantitative estimate of drug-likeness (QED) is 0.680. The van der Waals surface area contributed by atoms with E-state index in [-0.39, 0.29) is 19.7 Å². The van der Waals surface area contributed by atoms with Gasteiger partial charge in [-0.3, -0.25) is 4.90 Å². The van der Waals surface area contributed by atoms with Crippen LogP contribution in [0.25, 0.3) is 6.08 Å². The predicted molar refractivity (Wildman–Crippen MR) is 79.6 cm³/mol. The minimum atomic E-state index is -1.27. The van der Waals surface area contributed by atoms with E-state index in [9.17, 15) is 14.4 Å². The highest BCUT2D eigenvalue weighted by Gasteiger charge is 2.34. The lowest BCUT2D eigenvalue weighted by atomic mass is 10.1. The van der Waals surface area contributed by atoms with E-state index in [2.05, 4.69) is 0 Å². The molecule has 0 saturated carbocycles. The van der Waals surface area contributed by atoms with Crippen molar-refractivity contribution in [1.82, 2.24) is 4.90 Å². The van der Waals surface area contributed by atoms with Crippen LogP contribution in [-0.4, -0.2) is 47.8 Å². The van der Waals surface area contributed by atoms with Crippen molar-refractivity contribution in [3.8, 4) is 0 Å². The molecule has 0 aromatic heterocycles. The van der Waals surface area contributed by atoms with Crippen LogP contribution in [0.15, 0.2) is 30.3 Å². The van der Waals surface area contributed by atoms with Crippen molar-refractivity contribution in [2.45, 2.75) is 6.92 Å². The van der Waals surface area contributed by atoms with Crippen molar-refractivity contribution in [1.29, 1.82) is 0 Å². The number of para-hydroxylation sites is 1. The Morgan fingerprint density at radius 3 is 2.68 bits per heavy atom. The molecular formula is C15H16N2O5. The first-order valence-corrected chi connectivity index (χ1v) is 6.80. The van der Waals surface area contributed by atoms with E-state index < -0.39 is 18.1 Å². The molecule has 1 aromatic carbocycles. The Bertz CT molecular complexity index is 626. The van der Waals surface area contributed by atoms with E-state index in [1.54, 1.807) is 37.3 Å². The number of rotatable bonds is 4. The Labute approximate surface area is 127 Å². The van der Waals surface area contributed by atoms with Gasteiger partial charge < -0.3 is 9.84 Å². The molecule has 0 aliphatic carbocycles. The molecule has 1 aliphatic rings. The molecule has 116 valence electrons. The third-order valence-electron chi connectivity index (χ3n) is 3.15. The fourth-order valence-corrected chi connectivity index (χ4v) is 2.16. The molecule has 1 saturated heterocycles. The molecule has 3 amide bonds. The van der Waals surface area contributed by atoms with Gasteiger partial charge in [0.05, 0.1) is 18.8 Å². The van der Waals surface area contributed by atoms with Gasteiger partial charge >= 0.3 is 18.1 Å². The summed E-state index contributed by atoms with van der Waals surface area (Å²) in [5, 5.41) is 8.96. The number of ether oxygens (including phenoxy) is 1. The third kappa shape index (κ3) is 3.25. The van der Waals surface area contributed by atoms with Crippen LogP contribution in [0, 0.1) is 0 Å². The van der Waals surface area contributed by atoms with Crippen molar-refractivity contribution in [3.05, 3.63) is 35.9 Å². The van der Waals surface area contributed by atoms with E-state index in [0.717, 1.165) is 4.90 Å². The number of nitrogens with zero attached hydrogens (tertiary/aromatic N) is 2. The van der Waals surface area contributed by atoms with Gasteiger partial charge in [-0.1, -0.05) is 18.2 Å². The van der Waals surface area contributed by atoms with Gasteiger partial charge in [0, 0.05) is 12.6 Å². The van der Waals surface area contributed by atoms with E-state index in [4.69, 9.17) is 9.84 Å². The Morgan fingerprint density at radius 1 is 1.32 bits per heavy atom. The molecule has 1 aliphatic heterocycles. The second-order valence-corrected chi connectivity index (χ2v) is 4.51. The Kier molecular flexibility index (Phi) is 4.77. The van der Waals surface area contributed by atoms with Crippen LogP contribution in [0.1, 0.15) is 12.5 Å². The fourth-order valence-electron chi connectivity index (χ4n) is 2.16. The number of carboxylic acid groups (broad SMARTS) is 1. The molecule has 0 radical (unpaired) electrons. The zero-order valence-electron chi connectivity index (χ0n) is 12.1. The molecule has 1 fully saturated rings. The van der Waals surface area contributed by atoms with Gasteiger partial charge in [-0.15, -0.1) is 0 Å². The van der Waals surface area contributed by atoms with Gasteiger partial charge in [0.15, 0.2) is 0 Å². The number of hydrogen-bond acceptors (Lipinski definition) is 4. The SMILES string of the molecule is CCOC(=O)C=Cc1ccccc1N1CCN(C(=O)O)C1=O. The smallest absolute Gasteiger partial charge is 0.415 e. The maximum absolute atomic E-state index is 12.1. The fraction of sp³-hybridized carbons (Fsp3) is 0.267. The van der Waals surface area contributed by atoms with Crippen molar-refractivity contribution in [3.63, 3.8) is 0 Å². The highest BCUT2D eigenvalue weighted by molar-refractivity contribution is 6.03. The zero-order valence-corrected chi connectivity index (χ0v) is 12.1. The lowest BCUT2D eigenvalue weighted by Gasteiger charge is -2.18. The largest absolute Gasteiger partial charge is 0.465 e. The van der Waals surface area contributed by atoms with Crippen LogP contribution in [0.3, 0.4) is 0 Å². The van der Waals surface area contributed by atoms with Gasteiger partial charge in [0.25, 0.3) is 0 Å². The number of benzene rings is 1. The van der Waals surface area contributed by atoms with Gasteiger partial charge in [-0.05, 0) is 24.6 Å². The van der Waals surface area contributed by atoms with Crippen LogP contribution in [0.5, 0.6) is 0 Å². The second-order valence-electron chi connectivity index (χ2n) is 4.51. The summed E-state index contributed by atoms with van der Waals surface area (Å²) in [6.07, 6.45) is 1.55. The average Bonchev–Trinajstić information content (AvgIpc) is 2.87. The first kappa shape index (κ1) is 15.6. The maximum Gasteiger partial charge on any atom is 0.415 e. The summed E-state index contributed by atoms with van der Waals surface area (Å²) in [7, 11) is 0. The third-order valence-corrected chi connectivity index (χ3v) is 3.15. The summed E-state index contributed by atoms with van der Waals surface area (Å²) in [5.74, 6) is -0.475. The molecule has 0 bridgehead atoms. The minimum Gasteiger partial charge on any atom is -0.465 e. The summed E-state index contributed by atoms with van der Waals surface area (Å²) in [5.41, 5.74) is 1.19. The molecule has 7 heteroatoms. The van der Waals surface area contributed by atoms with Crippen molar-refractivity contribution in [2.75, 3.05) is 24.6 Å². The van der Waals surface area contributed by atoms with Crippen molar-refractivity contribution >= 4 is 29.9 Å². The van der Waals surface area contributed by atoms with Gasteiger partial charge in [-0.2, -0.15) is 0 Å². The standard InChI is InChI=1S/C15H16N2O5/c1-2-22-13(18)8-7-11-5-3-4-6-12(11)16-9-10-17(14(16)19)15(20)21/h3-8H,2,9-10H2,1H3,(H,20,21). The number of imide groups is 1. The van der Waals surface area contributed by atoms with Gasteiger partial charge in [0.1, 0.15) is 0 Å². The second kappa shape index (κ2) is 6.75. The minimum absolute atomic E-state index is 0.115.